The lowest BCUT2D eigenvalue weighted by molar-refractivity contribution is 0.339. The molecule has 0 aliphatic carbocycles. The van der Waals surface area contributed by atoms with Crippen molar-refractivity contribution in [1.82, 2.24) is 14.9 Å². The van der Waals surface area contributed by atoms with Gasteiger partial charge >= 0.3 is 0 Å². The van der Waals surface area contributed by atoms with Crippen LogP contribution < -0.4 is 10.1 Å². The average molecular weight is 281 g/mol. The van der Waals surface area contributed by atoms with E-state index in [4.69, 9.17) is 4.74 Å². The SMILES string of the molecule is CCOc1cccc(C(NC)c2cnn3ccccc23)c1. The third kappa shape index (κ3) is 2.62. The molecule has 1 N–H and O–H groups in total. The topological polar surface area (TPSA) is 38.6 Å². The monoisotopic (exact) mass is 281 g/mol. The number of benzene rings is 1. The standard InChI is InChI=1S/C17H19N3O/c1-3-21-14-8-6-7-13(11-14)17(18-2)15-12-19-20-10-5-4-9-16(15)20/h4-12,17-18H,3H2,1-2H3. The Bertz CT molecular complexity index is 735. The van der Waals surface area contributed by atoms with Crippen molar-refractivity contribution in [3.8, 4) is 5.75 Å². The quantitative estimate of drug-likeness (QED) is 0.781. The Kier molecular flexibility index (Phi) is 3.88. The number of fused-ring (bicyclic) bond motifs is 1. The Labute approximate surface area is 124 Å². The highest BCUT2D eigenvalue weighted by molar-refractivity contribution is 5.57. The first kappa shape index (κ1) is 13.6. The van der Waals surface area contributed by atoms with Crippen LogP contribution in [0.3, 0.4) is 0 Å². The Hall–Kier alpha value is -2.33. The van der Waals surface area contributed by atoms with Gasteiger partial charge in [-0.05, 0) is 43.8 Å². The number of aromatic nitrogens is 2. The third-order valence-electron chi connectivity index (χ3n) is 3.56. The summed E-state index contributed by atoms with van der Waals surface area (Å²) in [5, 5.41) is 7.79. The van der Waals surface area contributed by atoms with Gasteiger partial charge in [-0.1, -0.05) is 18.2 Å². The van der Waals surface area contributed by atoms with Crippen LogP contribution in [0, 0.1) is 0 Å². The molecule has 21 heavy (non-hydrogen) atoms. The summed E-state index contributed by atoms with van der Waals surface area (Å²) in [6.45, 7) is 2.66. The number of rotatable bonds is 5. The van der Waals surface area contributed by atoms with Crippen LogP contribution in [-0.4, -0.2) is 23.3 Å². The Morgan fingerprint density at radius 1 is 1.24 bits per heavy atom. The van der Waals surface area contributed by atoms with Crippen LogP contribution in [0.4, 0.5) is 0 Å². The van der Waals surface area contributed by atoms with Crippen LogP contribution in [0.1, 0.15) is 24.1 Å². The van der Waals surface area contributed by atoms with E-state index in [0.717, 1.165) is 16.8 Å². The van der Waals surface area contributed by atoms with Gasteiger partial charge < -0.3 is 10.1 Å². The van der Waals surface area contributed by atoms with Crippen LogP contribution in [0.5, 0.6) is 5.75 Å². The first-order chi connectivity index (χ1) is 10.3. The highest BCUT2D eigenvalue weighted by atomic mass is 16.5. The summed E-state index contributed by atoms with van der Waals surface area (Å²) < 4.78 is 7.49. The molecule has 1 aromatic carbocycles. The van der Waals surface area contributed by atoms with Gasteiger partial charge in [-0.25, -0.2) is 4.52 Å². The molecule has 3 aromatic rings. The van der Waals surface area contributed by atoms with Crippen molar-refractivity contribution in [2.45, 2.75) is 13.0 Å². The molecule has 0 saturated carbocycles. The van der Waals surface area contributed by atoms with Crippen molar-refractivity contribution in [2.24, 2.45) is 0 Å². The fourth-order valence-electron chi connectivity index (χ4n) is 2.63. The summed E-state index contributed by atoms with van der Waals surface area (Å²) >= 11 is 0. The second kappa shape index (κ2) is 5.97. The number of ether oxygens (including phenoxy) is 1. The Morgan fingerprint density at radius 3 is 2.95 bits per heavy atom. The molecule has 0 radical (unpaired) electrons. The van der Waals surface area contributed by atoms with Gasteiger partial charge in [0.05, 0.1) is 24.4 Å². The normalized spacial score (nSPS) is 12.5. The van der Waals surface area contributed by atoms with E-state index < -0.39 is 0 Å². The molecule has 0 bridgehead atoms. The molecule has 0 saturated heterocycles. The summed E-state index contributed by atoms with van der Waals surface area (Å²) in [4.78, 5) is 0. The van der Waals surface area contributed by atoms with Gasteiger partial charge in [-0.15, -0.1) is 0 Å². The number of pyridine rings is 1. The third-order valence-corrected chi connectivity index (χ3v) is 3.56. The zero-order valence-corrected chi connectivity index (χ0v) is 12.3. The fraction of sp³-hybridized carbons (Fsp3) is 0.235. The van der Waals surface area contributed by atoms with Gasteiger partial charge in [0.25, 0.3) is 0 Å². The first-order valence-corrected chi connectivity index (χ1v) is 7.15. The number of hydrogen-bond donors (Lipinski definition) is 1. The lowest BCUT2D eigenvalue weighted by atomic mass is 10.00. The molecule has 0 spiro atoms. The average Bonchev–Trinajstić information content (AvgIpc) is 2.93. The lowest BCUT2D eigenvalue weighted by Gasteiger charge is -2.17. The van der Waals surface area contributed by atoms with E-state index in [9.17, 15) is 0 Å². The molecule has 2 aromatic heterocycles. The molecule has 108 valence electrons. The maximum Gasteiger partial charge on any atom is 0.119 e. The molecule has 4 heteroatoms. The molecule has 0 aliphatic heterocycles. The fourth-order valence-corrected chi connectivity index (χ4v) is 2.63. The molecule has 0 aliphatic rings. The van der Waals surface area contributed by atoms with Gasteiger partial charge in [-0.2, -0.15) is 5.10 Å². The minimum absolute atomic E-state index is 0.0882. The van der Waals surface area contributed by atoms with Gasteiger partial charge in [0.1, 0.15) is 5.75 Å². The largest absolute Gasteiger partial charge is 0.494 e. The van der Waals surface area contributed by atoms with Crippen molar-refractivity contribution in [2.75, 3.05) is 13.7 Å². The summed E-state index contributed by atoms with van der Waals surface area (Å²) in [5.74, 6) is 0.895. The van der Waals surface area contributed by atoms with E-state index in [0.29, 0.717) is 6.61 Å². The highest BCUT2D eigenvalue weighted by Crippen LogP contribution is 2.27. The van der Waals surface area contributed by atoms with E-state index in [1.165, 1.54) is 5.56 Å². The van der Waals surface area contributed by atoms with Crippen molar-refractivity contribution in [3.05, 3.63) is 66.0 Å². The van der Waals surface area contributed by atoms with E-state index in [1.807, 2.05) is 55.1 Å². The summed E-state index contributed by atoms with van der Waals surface area (Å²) in [7, 11) is 1.96. The minimum atomic E-state index is 0.0882. The predicted octanol–water partition coefficient (Wildman–Crippen LogP) is 3.04. The van der Waals surface area contributed by atoms with Crippen LogP contribution >= 0.6 is 0 Å². The lowest BCUT2D eigenvalue weighted by Crippen LogP contribution is -2.17. The highest BCUT2D eigenvalue weighted by Gasteiger charge is 2.17. The molecule has 4 nitrogen and oxygen atoms in total. The molecule has 1 unspecified atom stereocenters. The van der Waals surface area contributed by atoms with Gasteiger partial charge in [0.15, 0.2) is 0 Å². The smallest absolute Gasteiger partial charge is 0.119 e. The second-order valence-corrected chi connectivity index (χ2v) is 4.86. The van der Waals surface area contributed by atoms with E-state index in [-0.39, 0.29) is 6.04 Å². The predicted molar refractivity (Wildman–Crippen MR) is 83.7 cm³/mol. The zero-order chi connectivity index (χ0) is 14.7. The van der Waals surface area contributed by atoms with Crippen LogP contribution in [-0.2, 0) is 0 Å². The Balaban J connectivity index is 2.03. The van der Waals surface area contributed by atoms with Crippen molar-refractivity contribution in [1.29, 1.82) is 0 Å². The van der Waals surface area contributed by atoms with E-state index in [1.54, 1.807) is 0 Å². The summed E-state index contributed by atoms with van der Waals surface area (Å²) in [5.41, 5.74) is 3.44. The summed E-state index contributed by atoms with van der Waals surface area (Å²) in [6, 6.07) is 14.4. The maximum absolute atomic E-state index is 5.60. The zero-order valence-electron chi connectivity index (χ0n) is 12.3. The minimum Gasteiger partial charge on any atom is -0.494 e. The molecule has 0 amide bonds. The molecule has 3 rings (SSSR count). The van der Waals surface area contributed by atoms with E-state index >= 15 is 0 Å². The number of nitrogens with zero attached hydrogens (tertiary/aromatic N) is 2. The van der Waals surface area contributed by atoms with Gasteiger partial charge in [0.2, 0.25) is 0 Å². The van der Waals surface area contributed by atoms with Crippen molar-refractivity contribution in [3.63, 3.8) is 0 Å². The maximum atomic E-state index is 5.60. The van der Waals surface area contributed by atoms with Crippen LogP contribution in [0.2, 0.25) is 0 Å². The first-order valence-electron chi connectivity index (χ1n) is 7.15. The van der Waals surface area contributed by atoms with Gasteiger partial charge in [0, 0.05) is 11.8 Å². The molecule has 0 fully saturated rings. The second-order valence-electron chi connectivity index (χ2n) is 4.86. The van der Waals surface area contributed by atoms with Crippen molar-refractivity contribution >= 4 is 5.52 Å². The van der Waals surface area contributed by atoms with Gasteiger partial charge in [-0.3, -0.25) is 0 Å². The summed E-state index contributed by atoms with van der Waals surface area (Å²) in [6.07, 6.45) is 3.88. The Morgan fingerprint density at radius 2 is 2.14 bits per heavy atom. The van der Waals surface area contributed by atoms with Crippen molar-refractivity contribution < 1.29 is 4.74 Å². The van der Waals surface area contributed by atoms with Crippen LogP contribution in [0.25, 0.3) is 5.52 Å². The molecule has 1 atom stereocenters. The number of nitrogens with one attached hydrogen (secondary N) is 1. The number of hydrogen-bond acceptors (Lipinski definition) is 3. The van der Waals surface area contributed by atoms with Crippen LogP contribution in [0.15, 0.2) is 54.9 Å². The molecular weight excluding hydrogens is 262 g/mol. The molecular formula is C17H19N3O. The molecule has 2 heterocycles. The van der Waals surface area contributed by atoms with E-state index in [2.05, 4.69) is 28.6 Å².